The Kier molecular flexibility index (Phi) is 4.33. The monoisotopic (exact) mass is 276 g/mol. The van der Waals surface area contributed by atoms with Gasteiger partial charge in [0.05, 0.1) is 0 Å². The number of anilines is 1. The smallest absolute Gasteiger partial charge is 0.106 e. The number of thiophene rings is 1. The number of aryl methyl sites for hydroxylation is 1. The van der Waals surface area contributed by atoms with Gasteiger partial charge in [-0.05, 0) is 36.9 Å². The molecule has 0 spiro atoms. The molecule has 2 aromatic rings. The summed E-state index contributed by atoms with van der Waals surface area (Å²) in [6.07, 6.45) is 1.02. The quantitative estimate of drug-likeness (QED) is 0.823. The molecule has 0 aliphatic heterocycles. The fraction of sp³-hybridized carbons (Fsp3) is 0.214. The van der Waals surface area contributed by atoms with Gasteiger partial charge in [0.2, 0.25) is 0 Å². The summed E-state index contributed by atoms with van der Waals surface area (Å²) >= 11 is 6.86. The molecular formula is C14H16N2S2. The highest BCUT2D eigenvalue weighted by molar-refractivity contribution is 7.80. The van der Waals surface area contributed by atoms with E-state index < -0.39 is 0 Å². The highest BCUT2D eigenvalue weighted by Gasteiger charge is 2.05. The normalized spacial score (nSPS) is 10.3. The Morgan fingerprint density at radius 3 is 2.89 bits per heavy atom. The molecule has 1 heterocycles. The maximum absolute atomic E-state index is 5.74. The number of rotatable bonds is 5. The third-order valence-corrected chi connectivity index (χ3v) is 3.86. The van der Waals surface area contributed by atoms with Crippen LogP contribution in [0.4, 0.5) is 5.69 Å². The van der Waals surface area contributed by atoms with E-state index in [1.54, 1.807) is 11.3 Å². The molecule has 1 aromatic carbocycles. The van der Waals surface area contributed by atoms with E-state index >= 15 is 0 Å². The fourth-order valence-corrected chi connectivity index (χ4v) is 2.67. The first-order valence-corrected chi connectivity index (χ1v) is 7.12. The maximum Gasteiger partial charge on any atom is 0.106 e. The average Bonchev–Trinajstić information content (AvgIpc) is 2.84. The second kappa shape index (κ2) is 5.98. The lowest BCUT2D eigenvalue weighted by Crippen LogP contribution is -2.14. The third kappa shape index (κ3) is 3.31. The lowest BCUT2D eigenvalue weighted by molar-refractivity contribution is 1.04. The van der Waals surface area contributed by atoms with Crippen molar-refractivity contribution < 1.29 is 0 Å². The zero-order valence-electron chi connectivity index (χ0n) is 10.3. The zero-order chi connectivity index (χ0) is 13.0. The standard InChI is InChI=1S/C14H16N2S2/c1-10-4-5-13(12(9-10)14(15)17)16-7-6-11-3-2-8-18-11/h2-5,8-9,16H,6-7H2,1H3,(H2,15,17). The molecule has 0 saturated carbocycles. The minimum Gasteiger partial charge on any atom is -0.389 e. The van der Waals surface area contributed by atoms with Crippen molar-refractivity contribution in [2.75, 3.05) is 11.9 Å². The Morgan fingerprint density at radius 2 is 2.22 bits per heavy atom. The highest BCUT2D eigenvalue weighted by atomic mass is 32.1. The van der Waals surface area contributed by atoms with Gasteiger partial charge in [-0.2, -0.15) is 0 Å². The number of hydrogen-bond acceptors (Lipinski definition) is 3. The summed E-state index contributed by atoms with van der Waals surface area (Å²) in [5, 5.41) is 5.50. The molecular weight excluding hydrogens is 260 g/mol. The van der Waals surface area contributed by atoms with Crippen molar-refractivity contribution in [3.05, 3.63) is 51.7 Å². The van der Waals surface area contributed by atoms with Crippen molar-refractivity contribution in [1.29, 1.82) is 0 Å². The molecule has 0 aliphatic carbocycles. The van der Waals surface area contributed by atoms with Crippen molar-refractivity contribution in [1.82, 2.24) is 0 Å². The molecule has 0 radical (unpaired) electrons. The summed E-state index contributed by atoms with van der Waals surface area (Å²) in [5.74, 6) is 0. The summed E-state index contributed by atoms with van der Waals surface area (Å²) in [7, 11) is 0. The largest absolute Gasteiger partial charge is 0.389 e. The van der Waals surface area contributed by atoms with Crippen LogP contribution in [-0.4, -0.2) is 11.5 Å². The van der Waals surface area contributed by atoms with Crippen LogP contribution in [0.25, 0.3) is 0 Å². The Hall–Kier alpha value is -1.39. The summed E-state index contributed by atoms with van der Waals surface area (Å²) in [6.45, 7) is 2.93. The minimum absolute atomic E-state index is 0.442. The number of thiocarbonyl (C=S) groups is 1. The molecule has 2 nitrogen and oxygen atoms in total. The van der Waals surface area contributed by atoms with E-state index in [-0.39, 0.29) is 0 Å². The predicted molar refractivity (Wildman–Crippen MR) is 83.6 cm³/mol. The second-order valence-electron chi connectivity index (χ2n) is 4.17. The number of nitrogens with two attached hydrogens (primary N) is 1. The minimum atomic E-state index is 0.442. The lowest BCUT2D eigenvalue weighted by Gasteiger charge is -2.11. The van der Waals surface area contributed by atoms with E-state index in [0.29, 0.717) is 4.99 Å². The van der Waals surface area contributed by atoms with Crippen molar-refractivity contribution >= 4 is 34.2 Å². The van der Waals surface area contributed by atoms with Crippen LogP contribution in [0.1, 0.15) is 16.0 Å². The van der Waals surface area contributed by atoms with Crippen LogP contribution in [0.15, 0.2) is 35.7 Å². The molecule has 0 aliphatic rings. The first-order chi connectivity index (χ1) is 8.66. The summed E-state index contributed by atoms with van der Waals surface area (Å²) in [5.41, 5.74) is 8.86. The van der Waals surface area contributed by atoms with Gasteiger partial charge in [-0.25, -0.2) is 0 Å². The summed E-state index contributed by atoms with van der Waals surface area (Å²) < 4.78 is 0. The predicted octanol–water partition coefficient (Wildman–Crippen LogP) is 3.35. The van der Waals surface area contributed by atoms with Gasteiger partial charge in [0.1, 0.15) is 4.99 Å². The molecule has 2 rings (SSSR count). The van der Waals surface area contributed by atoms with Crippen LogP contribution in [-0.2, 0) is 6.42 Å². The Labute approximate surface area is 117 Å². The van der Waals surface area contributed by atoms with E-state index in [1.165, 1.54) is 10.4 Å². The molecule has 0 atom stereocenters. The SMILES string of the molecule is Cc1ccc(NCCc2cccs2)c(C(N)=S)c1. The highest BCUT2D eigenvalue weighted by Crippen LogP contribution is 2.18. The van der Waals surface area contributed by atoms with Gasteiger partial charge < -0.3 is 11.1 Å². The molecule has 94 valence electrons. The molecule has 0 fully saturated rings. The third-order valence-electron chi connectivity index (χ3n) is 2.71. The zero-order valence-corrected chi connectivity index (χ0v) is 11.9. The molecule has 0 saturated heterocycles. The molecule has 18 heavy (non-hydrogen) atoms. The van der Waals surface area contributed by atoms with Crippen molar-refractivity contribution in [2.45, 2.75) is 13.3 Å². The molecule has 4 heteroatoms. The maximum atomic E-state index is 5.74. The van der Waals surface area contributed by atoms with Crippen molar-refractivity contribution in [3.63, 3.8) is 0 Å². The van der Waals surface area contributed by atoms with Crippen LogP contribution in [0.5, 0.6) is 0 Å². The van der Waals surface area contributed by atoms with Crippen LogP contribution in [0.2, 0.25) is 0 Å². The fourth-order valence-electron chi connectivity index (χ4n) is 1.79. The van der Waals surface area contributed by atoms with E-state index in [1.807, 2.05) is 19.1 Å². The van der Waals surface area contributed by atoms with Crippen LogP contribution >= 0.6 is 23.6 Å². The molecule has 0 amide bonds. The second-order valence-corrected chi connectivity index (χ2v) is 5.64. The van der Waals surface area contributed by atoms with E-state index in [2.05, 4.69) is 28.9 Å². The van der Waals surface area contributed by atoms with Crippen LogP contribution < -0.4 is 11.1 Å². The van der Waals surface area contributed by atoms with Crippen LogP contribution in [0, 0.1) is 6.92 Å². The Bertz CT molecular complexity index is 533. The van der Waals surface area contributed by atoms with Gasteiger partial charge in [-0.1, -0.05) is 29.9 Å². The summed E-state index contributed by atoms with van der Waals surface area (Å²) in [4.78, 5) is 1.82. The first kappa shape index (κ1) is 13.1. The van der Waals surface area contributed by atoms with Crippen LogP contribution in [0.3, 0.4) is 0 Å². The van der Waals surface area contributed by atoms with E-state index in [4.69, 9.17) is 18.0 Å². The van der Waals surface area contributed by atoms with Crippen molar-refractivity contribution in [2.24, 2.45) is 5.73 Å². The number of hydrogen-bond donors (Lipinski definition) is 2. The lowest BCUT2D eigenvalue weighted by atomic mass is 10.1. The van der Waals surface area contributed by atoms with Gasteiger partial charge in [-0.15, -0.1) is 11.3 Å². The number of benzene rings is 1. The number of nitrogens with one attached hydrogen (secondary N) is 1. The van der Waals surface area contributed by atoms with Gasteiger partial charge in [0, 0.05) is 22.7 Å². The molecule has 0 unspecified atom stereocenters. The first-order valence-electron chi connectivity index (χ1n) is 5.83. The Morgan fingerprint density at radius 1 is 1.39 bits per heavy atom. The molecule has 1 aromatic heterocycles. The average molecular weight is 276 g/mol. The summed E-state index contributed by atoms with van der Waals surface area (Å²) in [6, 6.07) is 10.4. The van der Waals surface area contributed by atoms with Gasteiger partial charge >= 0.3 is 0 Å². The van der Waals surface area contributed by atoms with Crippen molar-refractivity contribution in [3.8, 4) is 0 Å². The topological polar surface area (TPSA) is 38.0 Å². The Balaban J connectivity index is 2.02. The van der Waals surface area contributed by atoms with E-state index in [0.717, 1.165) is 24.2 Å². The van der Waals surface area contributed by atoms with Gasteiger partial charge in [0.25, 0.3) is 0 Å². The molecule has 3 N–H and O–H groups in total. The van der Waals surface area contributed by atoms with Gasteiger partial charge in [0.15, 0.2) is 0 Å². The molecule has 0 bridgehead atoms. The van der Waals surface area contributed by atoms with E-state index in [9.17, 15) is 0 Å². The van der Waals surface area contributed by atoms with Gasteiger partial charge in [-0.3, -0.25) is 0 Å².